The summed E-state index contributed by atoms with van der Waals surface area (Å²) in [5, 5.41) is 0. The Morgan fingerprint density at radius 3 is 2.33 bits per heavy atom. The molecule has 0 aliphatic heterocycles. The van der Waals surface area contributed by atoms with Gasteiger partial charge in [-0.15, -0.1) is 0 Å². The van der Waals surface area contributed by atoms with Gasteiger partial charge in [-0.3, -0.25) is 0 Å². The second-order valence-corrected chi connectivity index (χ2v) is 3.55. The standard InChI is InChI=1S/C10H16N2/c1-7(2)8(3)9-4-5-10(11)12-6-9/h4-8H,1-3H3,(H2,11,12). The molecule has 0 fully saturated rings. The van der Waals surface area contributed by atoms with Gasteiger partial charge in [0.1, 0.15) is 5.82 Å². The minimum Gasteiger partial charge on any atom is -0.384 e. The maximum absolute atomic E-state index is 5.49. The van der Waals surface area contributed by atoms with Gasteiger partial charge in [-0.05, 0) is 23.5 Å². The lowest BCUT2D eigenvalue weighted by Crippen LogP contribution is -2.02. The number of pyridine rings is 1. The van der Waals surface area contributed by atoms with Gasteiger partial charge in [0.25, 0.3) is 0 Å². The first-order chi connectivity index (χ1) is 5.61. The van der Waals surface area contributed by atoms with Crippen LogP contribution in [0.1, 0.15) is 32.3 Å². The second-order valence-electron chi connectivity index (χ2n) is 3.55. The van der Waals surface area contributed by atoms with Crippen LogP contribution in [0.25, 0.3) is 0 Å². The van der Waals surface area contributed by atoms with Gasteiger partial charge in [0.05, 0.1) is 0 Å². The molecule has 1 atom stereocenters. The average Bonchev–Trinajstić information content (AvgIpc) is 2.04. The van der Waals surface area contributed by atoms with Gasteiger partial charge in [0.15, 0.2) is 0 Å². The largest absolute Gasteiger partial charge is 0.384 e. The minimum absolute atomic E-state index is 0.554. The fourth-order valence-corrected chi connectivity index (χ4v) is 1.07. The zero-order valence-electron chi connectivity index (χ0n) is 7.91. The van der Waals surface area contributed by atoms with Crippen LogP contribution in [0, 0.1) is 5.92 Å². The summed E-state index contributed by atoms with van der Waals surface area (Å²) >= 11 is 0. The first kappa shape index (κ1) is 9.04. The Hall–Kier alpha value is -1.05. The van der Waals surface area contributed by atoms with E-state index < -0.39 is 0 Å². The van der Waals surface area contributed by atoms with Crippen molar-refractivity contribution in [2.75, 3.05) is 5.73 Å². The molecule has 0 bridgehead atoms. The smallest absolute Gasteiger partial charge is 0.123 e. The summed E-state index contributed by atoms with van der Waals surface area (Å²) < 4.78 is 0. The quantitative estimate of drug-likeness (QED) is 0.729. The number of nitrogens with zero attached hydrogens (tertiary/aromatic N) is 1. The predicted octanol–water partition coefficient (Wildman–Crippen LogP) is 2.42. The molecule has 1 rings (SSSR count). The molecule has 2 N–H and O–H groups in total. The first-order valence-corrected chi connectivity index (χ1v) is 4.32. The van der Waals surface area contributed by atoms with Crippen molar-refractivity contribution in [2.24, 2.45) is 5.92 Å². The van der Waals surface area contributed by atoms with Gasteiger partial charge in [-0.2, -0.15) is 0 Å². The Morgan fingerprint density at radius 2 is 1.92 bits per heavy atom. The molecule has 0 saturated carbocycles. The summed E-state index contributed by atoms with van der Waals surface area (Å²) in [5.41, 5.74) is 6.75. The van der Waals surface area contributed by atoms with Crippen molar-refractivity contribution in [3.8, 4) is 0 Å². The van der Waals surface area contributed by atoms with Crippen LogP contribution in [0.15, 0.2) is 18.3 Å². The van der Waals surface area contributed by atoms with Crippen LogP contribution in [-0.4, -0.2) is 4.98 Å². The van der Waals surface area contributed by atoms with Crippen LogP contribution in [0.4, 0.5) is 5.82 Å². The number of nitrogen functional groups attached to an aromatic ring is 1. The van der Waals surface area contributed by atoms with Crippen molar-refractivity contribution in [1.29, 1.82) is 0 Å². The van der Waals surface area contributed by atoms with E-state index in [9.17, 15) is 0 Å². The average molecular weight is 164 g/mol. The van der Waals surface area contributed by atoms with E-state index >= 15 is 0 Å². The Kier molecular flexibility index (Phi) is 2.69. The molecule has 1 aromatic heterocycles. The lowest BCUT2D eigenvalue weighted by molar-refractivity contribution is 0.534. The number of anilines is 1. The van der Waals surface area contributed by atoms with Crippen LogP contribution in [0.2, 0.25) is 0 Å². The molecule has 0 amide bonds. The monoisotopic (exact) mass is 164 g/mol. The van der Waals surface area contributed by atoms with E-state index in [0.717, 1.165) is 0 Å². The molecule has 0 aliphatic carbocycles. The van der Waals surface area contributed by atoms with Gasteiger partial charge < -0.3 is 5.73 Å². The fraction of sp³-hybridized carbons (Fsp3) is 0.500. The molecule has 1 aromatic rings. The normalized spacial score (nSPS) is 13.3. The highest BCUT2D eigenvalue weighted by Gasteiger charge is 2.09. The number of nitrogens with two attached hydrogens (primary N) is 1. The molecule has 0 aromatic carbocycles. The first-order valence-electron chi connectivity index (χ1n) is 4.32. The Balaban J connectivity index is 2.82. The zero-order valence-corrected chi connectivity index (χ0v) is 7.91. The van der Waals surface area contributed by atoms with Crippen molar-refractivity contribution in [3.05, 3.63) is 23.9 Å². The molecule has 1 heterocycles. The number of rotatable bonds is 2. The van der Waals surface area contributed by atoms with Gasteiger partial charge in [-0.1, -0.05) is 26.8 Å². The van der Waals surface area contributed by atoms with Crippen molar-refractivity contribution in [1.82, 2.24) is 4.98 Å². The van der Waals surface area contributed by atoms with E-state index in [-0.39, 0.29) is 0 Å². The van der Waals surface area contributed by atoms with Crippen molar-refractivity contribution in [3.63, 3.8) is 0 Å². The number of hydrogen-bond acceptors (Lipinski definition) is 2. The van der Waals surface area contributed by atoms with Crippen LogP contribution in [0.3, 0.4) is 0 Å². The van der Waals surface area contributed by atoms with Gasteiger partial charge in [0, 0.05) is 6.20 Å². The number of aromatic nitrogens is 1. The van der Waals surface area contributed by atoms with Crippen LogP contribution in [-0.2, 0) is 0 Å². The molecule has 0 spiro atoms. The van der Waals surface area contributed by atoms with Crippen LogP contribution >= 0.6 is 0 Å². The SMILES string of the molecule is CC(C)C(C)c1ccc(N)nc1. The lowest BCUT2D eigenvalue weighted by Gasteiger charge is -2.15. The van der Waals surface area contributed by atoms with Gasteiger partial charge >= 0.3 is 0 Å². The molecule has 0 saturated heterocycles. The third-order valence-electron chi connectivity index (χ3n) is 2.34. The molecule has 0 radical (unpaired) electrons. The maximum atomic E-state index is 5.49. The maximum Gasteiger partial charge on any atom is 0.123 e. The van der Waals surface area contributed by atoms with Crippen LogP contribution in [0.5, 0.6) is 0 Å². The molecule has 1 unspecified atom stereocenters. The Bertz CT molecular complexity index is 239. The van der Waals surface area contributed by atoms with E-state index in [4.69, 9.17) is 5.73 Å². The summed E-state index contributed by atoms with van der Waals surface area (Å²) in [6, 6.07) is 3.90. The molecule has 0 aliphatic rings. The molecule has 2 nitrogen and oxygen atoms in total. The zero-order chi connectivity index (χ0) is 9.14. The van der Waals surface area contributed by atoms with E-state index in [1.165, 1.54) is 5.56 Å². The highest BCUT2D eigenvalue weighted by atomic mass is 14.8. The third kappa shape index (κ3) is 1.97. The third-order valence-corrected chi connectivity index (χ3v) is 2.34. The summed E-state index contributed by atoms with van der Waals surface area (Å²) in [6.07, 6.45) is 1.86. The van der Waals surface area contributed by atoms with E-state index in [1.807, 2.05) is 18.3 Å². The lowest BCUT2D eigenvalue weighted by atomic mass is 9.92. The van der Waals surface area contributed by atoms with Crippen molar-refractivity contribution < 1.29 is 0 Å². The van der Waals surface area contributed by atoms with Gasteiger partial charge in [0.2, 0.25) is 0 Å². The number of hydrogen-bond donors (Lipinski definition) is 1. The summed E-state index contributed by atoms with van der Waals surface area (Å²) in [7, 11) is 0. The van der Waals surface area contributed by atoms with E-state index in [0.29, 0.717) is 17.7 Å². The predicted molar refractivity (Wildman–Crippen MR) is 51.9 cm³/mol. The Morgan fingerprint density at radius 1 is 1.25 bits per heavy atom. The van der Waals surface area contributed by atoms with E-state index in [1.54, 1.807) is 0 Å². The summed E-state index contributed by atoms with van der Waals surface area (Å²) in [5.74, 6) is 1.79. The van der Waals surface area contributed by atoms with Crippen molar-refractivity contribution >= 4 is 5.82 Å². The highest BCUT2D eigenvalue weighted by Crippen LogP contribution is 2.22. The van der Waals surface area contributed by atoms with E-state index in [2.05, 4.69) is 25.8 Å². The van der Waals surface area contributed by atoms with Crippen molar-refractivity contribution in [2.45, 2.75) is 26.7 Å². The minimum atomic E-state index is 0.554. The molecule has 2 heteroatoms. The van der Waals surface area contributed by atoms with Crippen LogP contribution < -0.4 is 5.73 Å². The van der Waals surface area contributed by atoms with Gasteiger partial charge in [-0.25, -0.2) is 4.98 Å². The fourth-order valence-electron chi connectivity index (χ4n) is 1.07. The highest BCUT2D eigenvalue weighted by molar-refractivity contribution is 5.30. The second kappa shape index (κ2) is 3.57. The molecule has 66 valence electrons. The summed E-state index contributed by atoms with van der Waals surface area (Å²) in [6.45, 7) is 6.62. The Labute approximate surface area is 73.8 Å². The topological polar surface area (TPSA) is 38.9 Å². The molecular weight excluding hydrogens is 148 g/mol. The molecular formula is C10H16N2. The summed E-state index contributed by atoms with van der Waals surface area (Å²) in [4.78, 5) is 4.06. The molecule has 12 heavy (non-hydrogen) atoms.